The van der Waals surface area contributed by atoms with E-state index in [2.05, 4.69) is 10.3 Å². The Morgan fingerprint density at radius 1 is 1.30 bits per heavy atom. The topological polar surface area (TPSA) is 88.3 Å². The van der Waals surface area contributed by atoms with Crippen molar-refractivity contribution in [2.75, 3.05) is 19.6 Å². The van der Waals surface area contributed by atoms with Gasteiger partial charge in [0.05, 0.1) is 6.54 Å². The van der Waals surface area contributed by atoms with Gasteiger partial charge < -0.3 is 11.1 Å². The summed E-state index contributed by atoms with van der Waals surface area (Å²) >= 11 is 3.37. The molecule has 1 fully saturated rings. The number of rotatable bonds is 7. The molecule has 2 amide bonds. The summed E-state index contributed by atoms with van der Waals surface area (Å²) in [6.45, 7) is 3.84. The maximum atomic E-state index is 12.5. The molecule has 0 bridgehead atoms. The van der Waals surface area contributed by atoms with Crippen molar-refractivity contribution < 1.29 is 9.59 Å². The predicted octanol–water partition coefficient (Wildman–Crippen LogP) is 2.42. The highest BCUT2D eigenvalue weighted by Gasteiger charge is 2.21. The number of carbonyl (C=O) groups excluding carboxylic acids is 2. The molecule has 0 atom stereocenters. The number of hydrogen-bond acceptors (Lipinski definition) is 6. The molecule has 2 aromatic rings. The molecule has 6 nitrogen and oxygen atoms in total. The SMILES string of the molecule is Cc1csc(SCc2ccc(C(=O)NC3CCN(CC(N)=O)CC3)cc2)n1. The van der Waals surface area contributed by atoms with Gasteiger partial charge in [0.25, 0.3) is 5.91 Å². The van der Waals surface area contributed by atoms with Crippen LogP contribution in [0.3, 0.4) is 0 Å². The third kappa shape index (κ3) is 6.05. The largest absolute Gasteiger partial charge is 0.369 e. The lowest BCUT2D eigenvalue weighted by atomic mass is 10.0. The molecule has 0 aliphatic carbocycles. The molecular formula is C19H24N4O2S2. The van der Waals surface area contributed by atoms with Crippen molar-refractivity contribution in [1.82, 2.24) is 15.2 Å². The fraction of sp³-hybridized carbons (Fsp3) is 0.421. The summed E-state index contributed by atoms with van der Waals surface area (Å²) in [5.74, 6) is 0.492. The number of aromatic nitrogens is 1. The first kappa shape index (κ1) is 19.9. The van der Waals surface area contributed by atoms with Crippen LogP contribution in [-0.2, 0) is 10.5 Å². The van der Waals surface area contributed by atoms with E-state index >= 15 is 0 Å². The molecular weight excluding hydrogens is 380 g/mol. The number of nitrogens with two attached hydrogens (primary N) is 1. The number of likely N-dealkylation sites (tertiary alicyclic amines) is 1. The number of benzene rings is 1. The van der Waals surface area contributed by atoms with Gasteiger partial charge in [-0.3, -0.25) is 14.5 Å². The van der Waals surface area contributed by atoms with Crippen LogP contribution in [0.15, 0.2) is 34.0 Å². The number of nitrogens with zero attached hydrogens (tertiary/aromatic N) is 2. The van der Waals surface area contributed by atoms with Crippen LogP contribution < -0.4 is 11.1 Å². The summed E-state index contributed by atoms with van der Waals surface area (Å²) in [6.07, 6.45) is 1.67. The molecule has 2 heterocycles. The highest BCUT2D eigenvalue weighted by molar-refractivity contribution is 8.00. The molecule has 1 aromatic carbocycles. The second-order valence-electron chi connectivity index (χ2n) is 6.73. The van der Waals surface area contributed by atoms with E-state index in [0.29, 0.717) is 12.1 Å². The highest BCUT2D eigenvalue weighted by Crippen LogP contribution is 2.26. The van der Waals surface area contributed by atoms with Crippen LogP contribution in [0.4, 0.5) is 0 Å². The van der Waals surface area contributed by atoms with Crippen LogP contribution in [0.5, 0.6) is 0 Å². The summed E-state index contributed by atoms with van der Waals surface area (Å²) in [4.78, 5) is 29.9. The van der Waals surface area contributed by atoms with Crippen molar-refractivity contribution in [2.45, 2.75) is 35.9 Å². The Morgan fingerprint density at radius 2 is 2.00 bits per heavy atom. The molecule has 1 aliphatic rings. The van der Waals surface area contributed by atoms with Crippen LogP contribution in [0.1, 0.15) is 34.5 Å². The number of thioether (sulfide) groups is 1. The number of hydrogen-bond donors (Lipinski definition) is 2. The molecule has 3 N–H and O–H groups in total. The first-order valence-electron chi connectivity index (χ1n) is 8.95. The van der Waals surface area contributed by atoms with Gasteiger partial charge in [0.1, 0.15) is 4.34 Å². The normalized spacial score (nSPS) is 15.6. The van der Waals surface area contributed by atoms with Crippen LogP contribution in [0.2, 0.25) is 0 Å². The van der Waals surface area contributed by atoms with Gasteiger partial charge >= 0.3 is 0 Å². The van der Waals surface area contributed by atoms with E-state index in [-0.39, 0.29) is 17.9 Å². The minimum Gasteiger partial charge on any atom is -0.369 e. The molecule has 3 rings (SSSR count). The lowest BCUT2D eigenvalue weighted by Crippen LogP contribution is -2.46. The van der Waals surface area contributed by atoms with E-state index < -0.39 is 0 Å². The number of piperidine rings is 1. The smallest absolute Gasteiger partial charge is 0.251 e. The predicted molar refractivity (Wildman–Crippen MR) is 109 cm³/mol. The Hall–Kier alpha value is -1.90. The summed E-state index contributed by atoms with van der Waals surface area (Å²) in [6, 6.07) is 7.89. The number of amides is 2. The lowest BCUT2D eigenvalue weighted by molar-refractivity contribution is -0.119. The summed E-state index contributed by atoms with van der Waals surface area (Å²) in [5, 5.41) is 5.14. The van der Waals surface area contributed by atoms with Gasteiger partial charge in [0.2, 0.25) is 5.91 Å². The maximum absolute atomic E-state index is 12.5. The second-order valence-corrected chi connectivity index (χ2v) is 8.81. The molecule has 1 aromatic heterocycles. The number of thiazole rings is 1. The fourth-order valence-electron chi connectivity index (χ4n) is 3.02. The monoisotopic (exact) mass is 404 g/mol. The van der Waals surface area contributed by atoms with E-state index in [1.54, 1.807) is 23.1 Å². The van der Waals surface area contributed by atoms with Gasteiger partial charge in [0.15, 0.2) is 0 Å². The van der Waals surface area contributed by atoms with Crippen LogP contribution in [-0.4, -0.2) is 47.4 Å². The van der Waals surface area contributed by atoms with Crippen LogP contribution in [0, 0.1) is 6.92 Å². The Morgan fingerprint density at radius 3 is 2.59 bits per heavy atom. The zero-order valence-electron chi connectivity index (χ0n) is 15.3. The van der Waals surface area contributed by atoms with E-state index in [4.69, 9.17) is 5.73 Å². The first-order chi connectivity index (χ1) is 13.0. The van der Waals surface area contributed by atoms with Gasteiger partial charge in [-0.1, -0.05) is 23.9 Å². The van der Waals surface area contributed by atoms with E-state index in [1.807, 2.05) is 41.5 Å². The third-order valence-electron chi connectivity index (χ3n) is 4.48. The number of carbonyl (C=O) groups is 2. The third-order valence-corrected chi connectivity index (χ3v) is 6.69. The minimum atomic E-state index is -0.305. The second kappa shape index (κ2) is 9.34. The van der Waals surface area contributed by atoms with Gasteiger partial charge in [-0.2, -0.15) is 0 Å². The summed E-state index contributed by atoms with van der Waals surface area (Å²) in [7, 11) is 0. The van der Waals surface area contributed by atoms with Crippen molar-refractivity contribution in [3.05, 3.63) is 46.5 Å². The Labute approximate surface area is 167 Å². The van der Waals surface area contributed by atoms with Crippen LogP contribution in [0.25, 0.3) is 0 Å². The molecule has 0 spiro atoms. The molecule has 0 saturated carbocycles. The van der Waals surface area contributed by atoms with Crippen molar-refractivity contribution in [3.8, 4) is 0 Å². The van der Waals surface area contributed by atoms with Gasteiger partial charge in [-0.05, 0) is 37.5 Å². The first-order valence-corrected chi connectivity index (χ1v) is 10.8. The Balaban J connectivity index is 1.45. The van der Waals surface area contributed by atoms with E-state index in [0.717, 1.165) is 41.7 Å². The Bertz CT molecular complexity index is 783. The van der Waals surface area contributed by atoms with Gasteiger partial charge in [-0.15, -0.1) is 11.3 Å². The van der Waals surface area contributed by atoms with E-state index in [1.165, 1.54) is 5.56 Å². The van der Waals surface area contributed by atoms with Crippen LogP contribution >= 0.6 is 23.1 Å². The maximum Gasteiger partial charge on any atom is 0.251 e. The molecule has 8 heteroatoms. The number of primary amides is 1. The molecule has 1 saturated heterocycles. The molecule has 0 radical (unpaired) electrons. The molecule has 1 aliphatic heterocycles. The number of nitrogens with one attached hydrogen (secondary N) is 1. The molecule has 27 heavy (non-hydrogen) atoms. The van der Waals surface area contributed by atoms with E-state index in [9.17, 15) is 9.59 Å². The zero-order chi connectivity index (χ0) is 19.2. The minimum absolute atomic E-state index is 0.0434. The zero-order valence-corrected chi connectivity index (χ0v) is 16.9. The molecule has 0 unspecified atom stereocenters. The summed E-state index contributed by atoms with van der Waals surface area (Å²) < 4.78 is 1.07. The van der Waals surface area contributed by atoms with Crippen molar-refractivity contribution >= 4 is 34.9 Å². The van der Waals surface area contributed by atoms with Crippen molar-refractivity contribution in [2.24, 2.45) is 5.73 Å². The van der Waals surface area contributed by atoms with Crippen molar-refractivity contribution in [1.29, 1.82) is 0 Å². The lowest BCUT2D eigenvalue weighted by Gasteiger charge is -2.31. The van der Waals surface area contributed by atoms with Gasteiger partial charge in [-0.25, -0.2) is 4.98 Å². The average Bonchev–Trinajstić information content (AvgIpc) is 3.07. The quantitative estimate of drug-likeness (QED) is 0.692. The van der Waals surface area contributed by atoms with Crippen molar-refractivity contribution in [3.63, 3.8) is 0 Å². The fourth-order valence-corrected chi connectivity index (χ4v) is 4.83. The average molecular weight is 405 g/mol. The molecule has 144 valence electrons. The number of aryl methyl sites for hydroxylation is 1. The standard InChI is InChI=1S/C19H24N4O2S2/c1-13-11-26-19(21-13)27-12-14-2-4-15(5-3-14)18(25)22-16-6-8-23(9-7-16)10-17(20)24/h2-5,11,16H,6-10,12H2,1H3,(H2,20,24)(H,22,25). The van der Waals surface area contributed by atoms with Gasteiger partial charge in [0, 0.05) is 41.5 Å². The highest BCUT2D eigenvalue weighted by atomic mass is 32.2. The summed E-state index contributed by atoms with van der Waals surface area (Å²) in [5.41, 5.74) is 8.12. The Kier molecular flexibility index (Phi) is 6.87.